The standard InChI is InChI=1S/C18H15ClN2/c19-15-8-11-18(17(20)12-15)21-16-9-6-14(7-10-16)13-4-2-1-3-5-13/h1-12,21H,20H2. The minimum Gasteiger partial charge on any atom is -0.397 e. The first-order chi connectivity index (χ1) is 10.2. The van der Waals surface area contributed by atoms with Gasteiger partial charge in [-0.3, -0.25) is 0 Å². The van der Waals surface area contributed by atoms with E-state index in [0.717, 1.165) is 11.4 Å². The lowest BCUT2D eigenvalue weighted by molar-refractivity contribution is 1.54. The van der Waals surface area contributed by atoms with Crippen molar-refractivity contribution in [2.45, 2.75) is 0 Å². The number of hydrogen-bond acceptors (Lipinski definition) is 2. The molecular weight excluding hydrogens is 280 g/mol. The Bertz CT molecular complexity index is 737. The molecule has 21 heavy (non-hydrogen) atoms. The van der Waals surface area contributed by atoms with Crippen LogP contribution >= 0.6 is 11.6 Å². The highest BCUT2D eigenvalue weighted by molar-refractivity contribution is 6.31. The lowest BCUT2D eigenvalue weighted by atomic mass is 10.1. The molecule has 3 N–H and O–H groups in total. The summed E-state index contributed by atoms with van der Waals surface area (Å²) in [6.07, 6.45) is 0. The van der Waals surface area contributed by atoms with Crippen LogP contribution in [0.4, 0.5) is 17.1 Å². The van der Waals surface area contributed by atoms with Gasteiger partial charge in [0, 0.05) is 10.7 Å². The van der Waals surface area contributed by atoms with Crippen LogP contribution in [0.3, 0.4) is 0 Å². The van der Waals surface area contributed by atoms with Crippen LogP contribution < -0.4 is 11.1 Å². The molecule has 0 aliphatic rings. The molecule has 3 rings (SSSR count). The monoisotopic (exact) mass is 294 g/mol. The fourth-order valence-corrected chi connectivity index (χ4v) is 2.36. The highest BCUT2D eigenvalue weighted by Crippen LogP contribution is 2.27. The van der Waals surface area contributed by atoms with Crippen LogP contribution in [0.5, 0.6) is 0 Å². The van der Waals surface area contributed by atoms with Crippen LogP contribution in [0, 0.1) is 0 Å². The summed E-state index contributed by atoms with van der Waals surface area (Å²) in [5, 5.41) is 3.93. The largest absolute Gasteiger partial charge is 0.397 e. The number of benzene rings is 3. The van der Waals surface area contributed by atoms with Crippen LogP contribution in [0.15, 0.2) is 72.8 Å². The third-order valence-electron chi connectivity index (χ3n) is 3.28. The molecule has 104 valence electrons. The van der Waals surface area contributed by atoms with Crippen molar-refractivity contribution in [1.29, 1.82) is 0 Å². The van der Waals surface area contributed by atoms with Gasteiger partial charge in [-0.2, -0.15) is 0 Å². The quantitative estimate of drug-likeness (QED) is 0.640. The number of halogens is 1. The van der Waals surface area contributed by atoms with Crippen LogP contribution in [0.1, 0.15) is 0 Å². The molecule has 0 aliphatic carbocycles. The van der Waals surface area contributed by atoms with Crippen molar-refractivity contribution in [3.05, 3.63) is 77.8 Å². The average Bonchev–Trinajstić information content (AvgIpc) is 2.52. The lowest BCUT2D eigenvalue weighted by Gasteiger charge is -2.10. The molecule has 0 bridgehead atoms. The summed E-state index contributed by atoms with van der Waals surface area (Å²) in [5.41, 5.74) is 10.8. The first kappa shape index (κ1) is 13.5. The molecule has 0 aromatic heterocycles. The summed E-state index contributed by atoms with van der Waals surface area (Å²) >= 11 is 5.90. The van der Waals surface area contributed by atoms with Crippen LogP contribution in [0.2, 0.25) is 5.02 Å². The molecule has 0 radical (unpaired) electrons. The number of nitrogens with one attached hydrogen (secondary N) is 1. The van der Waals surface area contributed by atoms with Gasteiger partial charge in [0.1, 0.15) is 0 Å². The van der Waals surface area contributed by atoms with Crippen LogP contribution in [-0.2, 0) is 0 Å². The molecule has 0 atom stereocenters. The van der Waals surface area contributed by atoms with E-state index in [4.69, 9.17) is 17.3 Å². The van der Waals surface area contributed by atoms with E-state index in [-0.39, 0.29) is 0 Å². The maximum atomic E-state index is 5.94. The second-order valence-corrected chi connectivity index (χ2v) is 5.24. The van der Waals surface area contributed by atoms with Gasteiger partial charge in [0.05, 0.1) is 11.4 Å². The zero-order chi connectivity index (χ0) is 14.7. The molecule has 3 aromatic rings. The Morgan fingerprint density at radius 2 is 1.43 bits per heavy atom. The fraction of sp³-hybridized carbons (Fsp3) is 0. The second-order valence-electron chi connectivity index (χ2n) is 4.80. The number of hydrogen-bond donors (Lipinski definition) is 2. The van der Waals surface area contributed by atoms with E-state index in [1.165, 1.54) is 11.1 Å². The minimum atomic E-state index is 0.634. The van der Waals surface area contributed by atoms with Gasteiger partial charge in [0.15, 0.2) is 0 Å². The van der Waals surface area contributed by atoms with Crippen LogP contribution in [0.25, 0.3) is 11.1 Å². The molecule has 0 saturated carbocycles. The zero-order valence-electron chi connectivity index (χ0n) is 11.4. The molecule has 0 spiro atoms. The number of anilines is 3. The third kappa shape index (κ3) is 3.18. The molecule has 0 amide bonds. The Morgan fingerprint density at radius 1 is 0.762 bits per heavy atom. The number of rotatable bonds is 3. The van der Waals surface area contributed by atoms with Gasteiger partial charge in [0.2, 0.25) is 0 Å². The molecule has 0 saturated heterocycles. The first-order valence-electron chi connectivity index (χ1n) is 6.70. The summed E-state index contributed by atoms with van der Waals surface area (Å²) in [4.78, 5) is 0. The van der Waals surface area contributed by atoms with E-state index >= 15 is 0 Å². The predicted molar refractivity (Wildman–Crippen MR) is 91.0 cm³/mol. The van der Waals surface area contributed by atoms with Gasteiger partial charge in [-0.1, -0.05) is 54.1 Å². The average molecular weight is 295 g/mol. The SMILES string of the molecule is Nc1cc(Cl)ccc1Nc1ccc(-c2ccccc2)cc1. The van der Waals surface area contributed by atoms with E-state index in [0.29, 0.717) is 10.7 Å². The fourth-order valence-electron chi connectivity index (χ4n) is 2.18. The maximum absolute atomic E-state index is 5.94. The van der Waals surface area contributed by atoms with Crippen molar-refractivity contribution >= 4 is 28.7 Å². The van der Waals surface area contributed by atoms with E-state index in [1.807, 2.05) is 42.5 Å². The third-order valence-corrected chi connectivity index (χ3v) is 3.52. The minimum absolute atomic E-state index is 0.634. The van der Waals surface area contributed by atoms with Crippen molar-refractivity contribution in [1.82, 2.24) is 0 Å². The van der Waals surface area contributed by atoms with E-state index in [9.17, 15) is 0 Å². The molecule has 3 aromatic carbocycles. The molecule has 0 heterocycles. The second kappa shape index (κ2) is 5.90. The Balaban J connectivity index is 1.81. The van der Waals surface area contributed by atoms with Crippen LogP contribution in [-0.4, -0.2) is 0 Å². The number of nitrogens with two attached hydrogens (primary N) is 1. The Morgan fingerprint density at radius 3 is 2.10 bits per heavy atom. The van der Waals surface area contributed by atoms with Crippen molar-refractivity contribution < 1.29 is 0 Å². The topological polar surface area (TPSA) is 38.0 Å². The number of nitrogen functional groups attached to an aromatic ring is 1. The van der Waals surface area contributed by atoms with Crippen molar-refractivity contribution in [3.8, 4) is 11.1 Å². The Kier molecular flexibility index (Phi) is 3.80. The molecule has 3 heteroatoms. The smallest absolute Gasteiger partial charge is 0.0618 e. The predicted octanol–water partition coefficient (Wildman–Crippen LogP) is 5.33. The maximum Gasteiger partial charge on any atom is 0.0618 e. The van der Waals surface area contributed by atoms with E-state index in [1.54, 1.807) is 6.07 Å². The summed E-state index contributed by atoms with van der Waals surface area (Å²) in [7, 11) is 0. The normalized spacial score (nSPS) is 10.3. The van der Waals surface area contributed by atoms with Gasteiger partial charge in [0.25, 0.3) is 0 Å². The summed E-state index contributed by atoms with van der Waals surface area (Å²) in [5.74, 6) is 0. The van der Waals surface area contributed by atoms with Gasteiger partial charge >= 0.3 is 0 Å². The van der Waals surface area contributed by atoms with Crippen molar-refractivity contribution in [2.24, 2.45) is 0 Å². The molecular formula is C18H15ClN2. The summed E-state index contributed by atoms with van der Waals surface area (Å²) < 4.78 is 0. The zero-order valence-corrected chi connectivity index (χ0v) is 12.1. The van der Waals surface area contributed by atoms with Gasteiger partial charge < -0.3 is 11.1 Å². The molecule has 0 unspecified atom stereocenters. The lowest BCUT2D eigenvalue weighted by Crippen LogP contribution is -1.95. The van der Waals surface area contributed by atoms with Crippen molar-refractivity contribution in [3.63, 3.8) is 0 Å². The highest BCUT2D eigenvalue weighted by Gasteiger charge is 2.01. The Labute approximate surface area is 129 Å². The summed E-state index contributed by atoms with van der Waals surface area (Å²) in [6.45, 7) is 0. The molecule has 2 nitrogen and oxygen atoms in total. The highest BCUT2D eigenvalue weighted by atomic mass is 35.5. The first-order valence-corrected chi connectivity index (χ1v) is 7.08. The van der Waals surface area contributed by atoms with Crippen molar-refractivity contribution in [2.75, 3.05) is 11.1 Å². The van der Waals surface area contributed by atoms with E-state index in [2.05, 4.69) is 29.6 Å². The van der Waals surface area contributed by atoms with Gasteiger partial charge in [-0.25, -0.2) is 0 Å². The molecule has 0 aliphatic heterocycles. The van der Waals surface area contributed by atoms with Gasteiger partial charge in [-0.05, 0) is 41.5 Å². The summed E-state index contributed by atoms with van der Waals surface area (Å²) in [6, 6.07) is 24.0. The van der Waals surface area contributed by atoms with Gasteiger partial charge in [-0.15, -0.1) is 0 Å². The van der Waals surface area contributed by atoms with E-state index < -0.39 is 0 Å². The Hall–Kier alpha value is -2.45. The molecule has 0 fully saturated rings.